The van der Waals surface area contributed by atoms with E-state index in [1.54, 1.807) is 0 Å². The minimum atomic E-state index is 0.323. The number of hydrogen-bond donors (Lipinski definition) is 3. The van der Waals surface area contributed by atoms with E-state index in [-0.39, 0.29) is 0 Å². The minimum absolute atomic E-state index is 0.323. The van der Waals surface area contributed by atoms with Gasteiger partial charge in [0.25, 0.3) is 0 Å². The zero-order chi connectivity index (χ0) is 18.5. The molecule has 0 fully saturated rings. The molecule has 0 bridgehead atoms. The predicted molar refractivity (Wildman–Crippen MR) is 107 cm³/mol. The molecule has 4 nitrogen and oxygen atoms in total. The standard InChI is InChI=1S/C21H38N4/c1-19(16-21(3,4)5)23-12-10-8-6-7-9-11-13-24-20(2)17-25-15-14-22-18-25/h14-15,18,23-24H,1-2,6-13,16-17H2,3-5H3/p+1. The average molecular weight is 348 g/mol. The van der Waals surface area contributed by atoms with E-state index in [2.05, 4.69) is 54.1 Å². The van der Waals surface area contributed by atoms with E-state index in [1.807, 2.05) is 18.7 Å². The summed E-state index contributed by atoms with van der Waals surface area (Å²) < 4.78 is 2.08. The number of rotatable bonds is 14. The molecule has 0 radical (unpaired) electrons. The topological polar surface area (TPSA) is 43.7 Å². The highest BCUT2D eigenvalue weighted by Gasteiger charge is 2.11. The maximum Gasteiger partial charge on any atom is 0.241 e. The van der Waals surface area contributed by atoms with Crippen LogP contribution < -0.4 is 15.2 Å². The molecular weight excluding hydrogens is 308 g/mol. The second-order valence-corrected chi connectivity index (χ2v) is 8.20. The van der Waals surface area contributed by atoms with E-state index in [1.165, 1.54) is 44.2 Å². The molecule has 0 atom stereocenters. The van der Waals surface area contributed by atoms with Gasteiger partial charge in [0.1, 0.15) is 18.9 Å². The Morgan fingerprint density at radius 1 is 0.920 bits per heavy atom. The molecule has 0 aliphatic carbocycles. The van der Waals surface area contributed by atoms with Crippen molar-refractivity contribution >= 4 is 0 Å². The molecule has 0 spiro atoms. The van der Waals surface area contributed by atoms with Gasteiger partial charge in [0.15, 0.2) is 0 Å². The van der Waals surface area contributed by atoms with Crippen molar-refractivity contribution in [1.82, 2.24) is 15.6 Å². The largest absolute Gasteiger partial charge is 0.389 e. The van der Waals surface area contributed by atoms with Crippen molar-refractivity contribution in [1.29, 1.82) is 0 Å². The van der Waals surface area contributed by atoms with E-state index in [0.717, 1.165) is 31.8 Å². The van der Waals surface area contributed by atoms with Gasteiger partial charge >= 0.3 is 0 Å². The molecule has 0 amide bonds. The van der Waals surface area contributed by atoms with Crippen LogP contribution in [0.3, 0.4) is 0 Å². The van der Waals surface area contributed by atoms with Gasteiger partial charge in [-0.1, -0.05) is 59.6 Å². The van der Waals surface area contributed by atoms with Gasteiger partial charge < -0.3 is 10.6 Å². The number of unbranched alkanes of at least 4 members (excludes halogenated alkanes) is 5. The molecule has 25 heavy (non-hydrogen) atoms. The Bertz CT molecular complexity index is 482. The molecule has 3 N–H and O–H groups in total. The van der Waals surface area contributed by atoms with Crippen LogP contribution in [0.15, 0.2) is 43.3 Å². The number of H-pyrrole nitrogens is 1. The molecular formula is C21H39N4+. The van der Waals surface area contributed by atoms with E-state index >= 15 is 0 Å². The predicted octanol–water partition coefficient (Wildman–Crippen LogP) is 4.29. The number of aromatic amines is 1. The smallest absolute Gasteiger partial charge is 0.241 e. The molecule has 1 rings (SSSR count). The average Bonchev–Trinajstić information content (AvgIpc) is 3.00. The molecule has 1 aromatic heterocycles. The Balaban J connectivity index is 1.86. The lowest BCUT2D eigenvalue weighted by atomic mass is 9.91. The number of aromatic nitrogens is 2. The first kappa shape index (κ1) is 21.3. The molecule has 4 heteroatoms. The van der Waals surface area contributed by atoms with Gasteiger partial charge in [-0.05, 0) is 24.7 Å². The highest BCUT2D eigenvalue weighted by Crippen LogP contribution is 2.21. The number of allylic oxidation sites excluding steroid dienone is 2. The highest BCUT2D eigenvalue weighted by molar-refractivity contribution is 4.94. The quantitative estimate of drug-likeness (QED) is 0.347. The van der Waals surface area contributed by atoms with Crippen molar-refractivity contribution in [2.45, 2.75) is 72.3 Å². The van der Waals surface area contributed by atoms with Crippen molar-refractivity contribution in [2.75, 3.05) is 13.1 Å². The number of nitrogens with one attached hydrogen (secondary N) is 3. The van der Waals surface area contributed by atoms with Gasteiger partial charge in [-0.15, -0.1) is 0 Å². The van der Waals surface area contributed by atoms with Crippen LogP contribution in [-0.4, -0.2) is 18.1 Å². The highest BCUT2D eigenvalue weighted by atomic mass is 15.0. The fraction of sp³-hybridized carbons (Fsp3) is 0.667. The van der Waals surface area contributed by atoms with Crippen molar-refractivity contribution in [3.05, 3.63) is 43.3 Å². The molecule has 0 unspecified atom stereocenters. The zero-order valence-electron chi connectivity index (χ0n) is 16.7. The summed E-state index contributed by atoms with van der Waals surface area (Å²) in [4.78, 5) is 3.04. The first-order valence-electron chi connectivity index (χ1n) is 9.72. The van der Waals surface area contributed by atoms with Crippen LogP contribution >= 0.6 is 0 Å². The SMILES string of the molecule is C=C(C[n+]1cc[nH]c1)NCCCCCCCCNC(=C)CC(C)(C)C. The molecule has 0 saturated carbocycles. The summed E-state index contributed by atoms with van der Waals surface area (Å²) >= 11 is 0. The van der Waals surface area contributed by atoms with Crippen molar-refractivity contribution in [2.24, 2.45) is 5.41 Å². The third-order valence-electron chi connectivity index (χ3n) is 4.07. The molecule has 0 aromatic carbocycles. The van der Waals surface area contributed by atoms with E-state index < -0.39 is 0 Å². The second-order valence-electron chi connectivity index (χ2n) is 8.20. The monoisotopic (exact) mass is 347 g/mol. The van der Waals surface area contributed by atoms with Crippen LogP contribution in [0.1, 0.15) is 65.7 Å². The molecule has 0 saturated heterocycles. The first-order valence-corrected chi connectivity index (χ1v) is 9.72. The summed E-state index contributed by atoms with van der Waals surface area (Å²) in [5, 5.41) is 6.88. The third kappa shape index (κ3) is 12.3. The van der Waals surface area contributed by atoms with Crippen molar-refractivity contribution in [3.63, 3.8) is 0 Å². The number of nitrogens with zero attached hydrogens (tertiary/aromatic N) is 1. The lowest BCUT2D eigenvalue weighted by Gasteiger charge is -2.20. The van der Waals surface area contributed by atoms with Crippen LogP contribution in [-0.2, 0) is 6.54 Å². The maximum atomic E-state index is 4.12. The van der Waals surface area contributed by atoms with Crippen molar-refractivity contribution < 1.29 is 4.57 Å². The normalized spacial score (nSPS) is 11.3. The fourth-order valence-corrected chi connectivity index (χ4v) is 2.89. The van der Waals surface area contributed by atoms with Crippen LogP contribution in [0, 0.1) is 5.41 Å². The summed E-state index contributed by atoms with van der Waals surface area (Å²) in [6.07, 6.45) is 14.6. The fourth-order valence-electron chi connectivity index (χ4n) is 2.89. The summed E-state index contributed by atoms with van der Waals surface area (Å²) in [6.45, 7) is 17.9. The van der Waals surface area contributed by atoms with Gasteiger partial charge in [0, 0.05) is 24.5 Å². The summed E-state index contributed by atoms with van der Waals surface area (Å²) in [5.74, 6) is 0. The zero-order valence-corrected chi connectivity index (χ0v) is 16.7. The van der Waals surface area contributed by atoms with Gasteiger partial charge in [-0.25, -0.2) is 4.57 Å². The Hall–Kier alpha value is -1.71. The second kappa shape index (κ2) is 11.8. The molecule has 142 valence electrons. The molecule has 1 aromatic rings. The van der Waals surface area contributed by atoms with E-state index in [0.29, 0.717) is 5.41 Å². The Morgan fingerprint density at radius 2 is 1.48 bits per heavy atom. The van der Waals surface area contributed by atoms with E-state index in [4.69, 9.17) is 0 Å². The van der Waals surface area contributed by atoms with Crippen LogP contribution in [0.5, 0.6) is 0 Å². The Labute approximate surface area is 154 Å². The Kier molecular flexibility index (Phi) is 10.0. The lowest BCUT2D eigenvalue weighted by Crippen LogP contribution is -2.35. The van der Waals surface area contributed by atoms with Crippen LogP contribution in [0.25, 0.3) is 0 Å². The Morgan fingerprint density at radius 3 is 2.00 bits per heavy atom. The summed E-state index contributed by atoms with van der Waals surface area (Å²) in [6, 6.07) is 0. The van der Waals surface area contributed by atoms with Gasteiger partial charge in [0.2, 0.25) is 6.33 Å². The summed E-state index contributed by atoms with van der Waals surface area (Å²) in [7, 11) is 0. The maximum absolute atomic E-state index is 4.12. The van der Waals surface area contributed by atoms with Crippen LogP contribution in [0.2, 0.25) is 0 Å². The molecule has 0 aliphatic heterocycles. The van der Waals surface area contributed by atoms with Crippen molar-refractivity contribution in [3.8, 4) is 0 Å². The third-order valence-corrected chi connectivity index (χ3v) is 4.07. The minimum Gasteiger partial charge on any atom is -0.389 e. The molecule has 0 aliphatic rings. The van der Waals surface area contributed by atoms with Gasteiger partial charge in [0.05, 0.1) is 0 Å². The first-order chi connectivity index (χ1) is 11.9. The molecule has 1 heterocycles. The lowest BCUT2D eigenvalue weighted by molar-refractivity contribution is -0.688. The number of hydrogen-bond acceptors (Lipinski definition) is 2. The van der Waals surface area contributed by atoms with Gasteiger partial charge in [-0.2, -0.15) is 0 Å². The van der Waals surface area contributed by atoms with Crippen LogP contribution in [0.4, 0.5) is 0 Å². The van der Waals surface area contributed by atoms with E-state index in [9.17, 15) is 0 Å². The van der Waals surface area contributed by atoms with Gasteiger partial charge in [-0.3, -0.25) is 4.98 Å². The summed E-state index contributed by atoms with van der Waals surface area (Å²) in [5.41, 5.74) is 2.58. The number of imidazole rings is 1.